The molecule has 0 spiro atoms. The summed E-state index contributed by atoms with van der Waals surface area (Å²) >= 11 is 0. The molecule has 4 atom stereocenters. The number of fused-ring (bicyclic) bond motifs is 2. The van der Waals surface area contributed by atoms with Gasteiger partial charge in [-0.15, -0.1) is 0 Å². The third kappa shape index (κ3) is 5.53. The van der Waals surface area contributed by atoms with Crippen molar-refractivity contribution in [1.29, 1.82) is 0 Å². The van der Waals surface area contributed by atoms with Gasteiger partial charge in [0.05, 0.1) is 7.11 Å². The molecule has 40 heavy (non-hydrogen) atoms. The first-order valence-corrected chi connectivity index (χ1v) is 14.6. The average molecular weight is 546 g/mol. The number of pyridine rings is 1. The summed E-state index contributed by atoms with van der Waals surface area (Å²) in [5.74, 6) is 2.26. The van der Waals surface area contributed by atoms with Crippen molar-refractivity contribution in [3.05, 3.63) is 54.1 Å². The number of aromatic nitrogens is 2. The number of nitrogens with one attached hydrogen (secondary N) is 1. The van der Waals surface area contributed by atoms with Gasteiger partial charge in [0.1, 0.15) is 22.8 Å². The Morgan fingerprint density at radius 3 is 2.55 bits per heavy atom. The van der Waals surface area contributed by atoms with Crippen molar-refractivity contribution in [3.8, 4) is 16.9 Å². The van der Waals surface area contributed by atoms with Crippen LogP contribution in [0.3, 0.4) is 0 Å². The van der Waals surface area contributed by atoms with E-state index in [1.54, 1.807) is 19.4 Å². The summed E-state index contributed by atoms with van der Waals surface area (Å²) in [5, 5.41) is 0.967. The number of H-pyrrole nitrogens is 1. The maximum Gasteiger partial charge on any atom is 0.306 e. The van der Waals surface area contributed by atoms with Crippen LogP contribution in [0.4, 0.5) is 4.39 Å². The van der Waals surface area contributed by atoms with E-state index in [0.29, 0.717) is 24.1 Å². The van der Waals surface area contributed by atoms with E-state index in [0.717, 1.165) is 72.0 Å². The Bertz CT molecular complexity index is 1420. The molecule has 2 unspecified atom stereocenters. The van der Waals surface area contributed by atoms with Crippen LogP contribution in [0.5, 0.6) is 5.75 Å². The maximum atomic E-state index is 14.1. The first kappa shape index (κ1) is 27.0. The van der Waals surface area contributed by atoms with E-state index in [2.05, 4.69) is 27.0 Å². The summed E-state index contributed by atoms with van der Waals surface area (Å²) in [5.41, 5.74) is 4.42. The van der Waals surface area contributed by atoms with E-state index < -0.39 is 5.60 Å². The minimum Gasteiger partial charge on any atom is -0.496 e. The second kappa shape index (κ2) is 10.7. The fourth-order valence-corrected chi connectivity index (χ4v) is 7.38. The number of nitrogens with zero attached hydrogens (tertiary/aromatic N) is 2. The molecule has 212 valence electrons. The number of carbonyl (C=O) groups excluding carboxylic acids is 1. The predicted molar refractivity (Wildman–Crippen MR) is 155 cm³/mol. The SMILES string of the molecule is COc1ccc(F)cc1-c1ccnc2[nH]c(C3=CCN(C4C[C@H]5CC(CC(=O)OC(C)(C)C)C[C@H]5C4)CC3)cc12. The number of aromatic amines is 1. The zero-order valence-electron chi connectivity index (χ0n) is 24.0. The second-order valence-electron chi connectivity index (χ2n) is 12.9. The van der Waals surface area contributed by atoms with Gasteiger partial charge in [0.25, 0.3) is 0 Å². The molecule has 3 aromatic rings. The van der Waals surface area contributed by atoms with Gasteiger partial charge in [-0.2, -0.15) is 0 Å². The molecule has 1 aliphatic heterocycles. The molecule has 6 rings (SSSR count). The summed E-state index contributed by atoms with van der Waals surface area (Å²) in [6, 6.07) is 9.31. The molecule has 0 saturated heterocycles. The number of halogens is 1. The van der Waals surface area contributed by atoms with E-state index in [1.165, 1.54) is 30.5 Å². The average Bonchev–Trinajstić information content (AvgIpc) is 3.61. The van der Waals surface area contributed by atoms with Gasteiger partial charge in [0, 0.05) is 48.4 Å². The van der Waals surface area contributed by atoms with Crippen LogP contribution < -0.4 is 4.74 Å². The highest BCUT2D eigenvalue weighted by Gasteiger charge is 2.44. The lowest BCUT2D eigenvalue weighted by molar-refractivity contribution is -0.155. The molecule has 3 aliphatic rings. The second-order valence-corrected chi connectivity index (χ2v) is 12.9. The highest BCUT2D eigenvalue weighted by molar-refractivity contribution is 5.96. The van der Waals surface area contributed by atoms with Gasteiger partial charge in [-0.3, -0.25) is 9.69 Å². The van der Waals surface area contributed by atoms with Gasteiger partial charge >= 0.3 is 5.97 Å². The monoisotopic (exact) mass is 545 g/mol. The Kier molecular flexibility index (Phi) is 7.19. The molecule has 2 saturated carbocycles. The molecule has 1 aromatic carbocycles. The normalized spacial score (nSPS) is 25.2. The molecular formula is C33H40FN3O3. The first-order valence-electron chi connectivity index (χ1n) is 14.6. The largest absolute Gasteiger partial charge is 0.496 e. The van der Waals surface area contributed by atoms with E-state index in [-0.39, 0.29) is 11.8 Å². The van der Waals surface area contributed by atoms with Crippen molar-refractivity contribution >= 4 is 22.6 Å². The third-order valence-corrected chi connectivity index (χ3v) is 9.05. The lowest BCUT2D eigenvalue weighted by Crippen LogP contribution is -2.37. The Hall–Kier alpha value is -3.19. The number of esters is 1. The zero-order chi connectivity index (χ0) is 28.0. The van der Waals surface area contributed by atoms with Crippen molar-refractivity contribution < 1.29 is 18.7 Å². The summed E-state index contributed by atoms with van der Waals surface area (Å²) in [7, 11) is 1.61. The smallest absolute Gasteiger partial charge is 0.306 e. The van der Waals surface area contributed by atoms with Crippen molar-refractivity contribution in [2.75, 3.05) is 20.2 Å². The van der Waals surface area contributed by atoms with Gasteiger partial charge in [-0.05, 0) is 112 Å². The number of hydrogen-bond acceptors (Lipinski definition) is 5. The Labute approximate surface area is 236 Å². The molecule has 7 heteroatoms. The Morgan fingerprint density at radius 2 is 1.88 bits per heavy atom. The minimum absolute atomic E-state index is 0.0444. The summed E-state index contributed by atoms with van der Waals surface area (Å²) in [6.45, 7) is 7.81. The van der Waals surface area contributed by atoms with Crippen LogP contribution in [0, 0.1) is 23.6 Å². The van der Waals surface area contributed by atoms with Crippen LogP contribution in [0.1, 0.15) is 65.0 Å². The van der Waals surface area contributed by atoms with Crippen LogP contribution in [0.15, 0.2) is 42.6 Å². The molecule has 0 radical (unpaired) electrons. The van der Waals surface area contributed by atoms with Crippen LogP contribution in [0.2, 0.25) is 0 Å². The fraction of sp³-hybridized carbons (Fsp3) is 0.515. The molecular weight excluding hydrogens is 505 g/mol. The number of ether oxygens (including phenoxy) is 2. The molecule has 1 N–H and O–H groups in total. The Balaban J connectivity index is 1.10. The number of hydrogen-bond donors (Lipinski definition) is 1. The van der Waals surface area contributed by atoms with E-state index in [9.17, 15) is 9.18 Å². The van der Waals surface area contributed by atoms with Crippen molar-refractivity contribution in [3.63, 3.8) is 0 Å². The van der Waals surface area contributed by atoms with Crippen LogP contribution in [0.25, 0.3) is 27.7 Å². The number of benzene rings is 1. The number of rotatable bonds is 6. The molecule has 6 nitrogen and oxygen atoms in total. The molecule has 2 aromatic heterocycles. The van der Waals surface area contributed by atoms with Gasteiger partial charge in [0.15, 0.2) is 0 Å². The fourth-order valence-electron chi connectivity index (χ4n) is 7.38. The maximum absolute atomic E-state index is 14.1. The Morgan fingerprint density at radius 1 is 1.10 bits per heavy atom. The lowest BCUT2D eigenvalue weighted by Gasteiger charge is -2.32. The van der Waals surface area contributed by atoms with Crippen molar-refractivity contribution in [2.24, 2.45) is 17.8 Å². The quantitative estimate of drug-likeness (QED) is 0.338. The standard InChI is InChI=1S/C33H40FN3O3/c1-33(2,3)40-31(38)15-20-13-22-16-25(17-23(22)14-20)37-11-8-21(9-12-37)29-19-28-26(7-10-35-32(28)36-29)27-18-24(34)5-6-30(27)39-4/h5-8,10,18-20,22-23,25H,9,11-17H2,1-4H3,(H,35,36)/t20?,22-,23+,25?. The van der Waals surface area contributed by atoms with Gasteiger partial charge in [-0.25, -0.2) is 9.37 Å². The number of carbonyl (C=O) groups is 1. The van der Waals surface area contributed by atoms with Gasteiger partial charge in [0.2, 0.25) is 0 Å². The van der Waals surface area contributed by atoms with Gasteiger partial charge < -0.3 is 14.5 Å². The third-order valence-electron chi connectivity index (χ3n) is 9.05. The molecule has 2 fully saturated rings. The van der Waals surface area contributed by atoms with E-state index in [4.69, 9.17) is 9.47 Å². The molecule has 0 bridgehead atoms. The first-order chi connectivity index (χ1) is 19.2. The van der Waals surface area contributed by atoms with E-state index in [1.807, 2.05) is 26.8 Å². The van der Waals surface area contributed by atoms with Crippen LogP contribution in [-0.2, 0) is 9.53 Å². The summed E-state index contributed by atoms with van der Waals surface area (Å²) in [6.07, 6.45) is 10.5. The van der Waals surface area contributed by atoms with Crippen LogP contribution in [-0.4, -0.2) is 52.7 Å². The zero-order valence-corrected chi connectivity index (χ0v) is 24.0. The molecule has 3 heterocycles. The summed E-state index contributed by atoms with van der Waals surface area (Å²) in [4.78, 5) is 23.0. The van der Waals surface area contributed by atoms with Crippen molar-refractivity contribution in [1.82, 2.24) is 14.9 Å². The topological polar surface area (TPSA) is 67.5 Å². The van der Waals surface area contributed by atoms with Crippen molar-refractivity contribution in [2.45, 2.75) is 70.9 Å². The highest BCUT2D eigenvalue weighted by atomic mass is 19.1. The summed E-state index contributed by atoms with van der Waals surface area (Å²) < 4.78 is 25.2. The molecule has 2 aliphatic carbocycles. The molecule has 0 amide bonds. The van der Waals surface area contributed by atoms with Crippen LogP contribution >= 0.6 is 0 Å². The number of methoxy groups -OCH3 is 1. The minimum atomic E-state index is -0.405. The highest BCUT2D eigenvalue weighted by Crippen LogP contribution is 2.49. The predicted octanol–water partition coefficient (Wildman–Crippen LogP) is 7.00. The van der Waals surface area contributed by atoms with E-state index >= 15 is 0 Å². The lowest BCUT2D eigenvalue weighted by atomic mass is 9.97. The van der Waals surface area contributed by atoms with Gasteiger partial charge in [-0.1, -0.05) is 6.08 Å².